The van der Waals surface area contributed by atoms with Crippen molar-refractivity contribution in [3.05, 3.63) is 30.1 Å². The zero-order chi connectivity index (χ0) is 10.9. The van der Waals surface area contributed by atoms with Crippen LogP contribution in [0.5, 0.6) is 0 Å². The van der Waals surface area contributed by atoms with Crippen LogP contribution in [0.2, 0.25) is 0 Å². The van der Waals surface area contributed by atoms with Gasteiger partial charge in [-0.2, -0.15) is 0 Å². The lowest BCUT2D eigenvalue weighted by Gasteiger charge is -2.49. The molecule has 0 spiro atoms. The third-order valence-corrected chi connectivity index (χ3v) is 4.16. The fraction of sp³-hybridized carbons (Fsp3) is 0.583. The second-order valence-electron chi connectivity index (χ2n) is 4.82. The Labute approximate surface area is 96.1 Å². The summed E-state index contributed by atoms with van der Waals surface area (Å²) in [5.74, 6) is 0. The first-order chi connectivity index (χ1) is 7.10. The average Bonchev–Trinajstić information content (AvgIpc) is 2.25. The van der Waals surface area contributed by atoms with Gasteiger partial charge in [0, 0.05) is 30.4 Å². The maximum atomic E-state index is 6.16. The van der Waals surface area contributed by atoms with E-state index in [4.69, 9.17) is 11.6 Å². The van der Waals surface area contributed by atoms with Crippen LogP contribution in [0.3, 0.4) is 0 Å². The van der Waals surface area contributed by atoms with Crippen LogP contribution in [0, 0.1) is 5.41 Å². The highest BCUT2D eigenvalue weighted by molar-refractivity contribution is 6.21. The highest BCUT2D eigenvalue weighted by atomic mass is 35.5. The summed E-state index contributed by atoms with van der Waals surface area (Å²) in [4.78, 5) is 4.09. The zero-order valence-corrected chi connectivity index (χ0v) is 9.96. The minimum absolute atomic E-state index is 0.212. The third kappa shape index (κ3) is 2.16. The van der Waals surface area contributed by atoms with Crippen molar-refractivity contribution in [2.24, 2.45) is 5.41 Å². The summed E-state index contributed by atoms with van der Waals surface area (Å²) in [6, 6.07) is 4.58. The molecule has 0 saturated heterocycles. The fourth-order valence-corrected chi connectivity index (χ4v) is 2.29. The normalized spacial score (nSPS) is 28.5. The highest BCUT2D eigenvalue weighted by Gasteiger charge is 2.46. The Morgan fingerprint density at radius 3 is 2.93 bits per heavy atom. The maximum Gasteiger partial charge on any atom is 0.0416 e. The van der Waals surface area contributed by atoms with Gasteiger partial charge in [0.05, 0.1) is 0 Å². The highest BCUT2D eigenvalue weighted by Crippen LogP contribution is 2.44. The van der Waals surface area contributed by atoms with Crippen molar-refractivity contribution in [2.45, 2.75) is 38.2 Å². The molecule has 2 nitrogen and oxygen atoms in total. The van der Waals surface area contributed by atoms with Crippen LogP contribution in [0.1, 0.15) is 25.8 Å². The molecule has 0 bridgehead atoms. The molecule has 0 aliphatic heterocycles. The van der Waals surface area contributed by atoms with Crippen molar-refractivity contribution in [1.82, 2.24) is 10.3 Å². The summed E-state index contributed by atoms with van der Waals surface area (Å²) in [5, 5.41) is 3.84. The van der Waals surface area contributed by atoms with E-state index in [1.165, 1.54) is 5.56 Å². The summed E-state index contributed by atoms with van der Waals surface area (Å²) in [6.07, 6.45) is 4.76. The van der Waals surface area contributed by atoms with Crippen LogP contribution >= 0.6 is 11.6 Å². The van der Waals surface area contributed by atoms with Gasteiger partial charge in [-0.15, -0.1) is 11.6 Å². The number of nitrogens with zero attached hydrogens (tertiary/aromatic N) is 1. The molecule has 1 saturated carbocycles. The molecule has 1 fully saturated rings. The van der Waals surface area contributed by atoms with Crippen molar-refractivity contribution in [3.8, 4) is 0 Å². The van der Waals surface area contributed by atoms with E-state index in [2.05, 4.69) is 30.2 Å². The van der Waals surface area contributed by atoms with Gasteiger partial charge in [-0.25, -0.2) is 0 Å². The lowest BCUT2D eigenvalue weighted by Crippen LogP contribution is -2.57. The van der Waals surface area contributed by atoms with E-state index in [-0.39, 0.29) is 5.41 Å². The van der Waals surface area contributed by atoms with Gasteiger partial charge in [-0.1, -0.05) is 19.9 Å². The van der Waals surface area contributed by atoms with Gasteiger partial charge in [-0.3, -0.25) is 4.98 Å². The lowest BCUT2D eigenvalue weighted by atomic mass is 9.67. The van der Waals surface area contributed by atoms with Gasteiger partial charge in [0.15, 0.2) is 0 Å². The molecule has 82 valence electrons. The summed E-state index contributed by atoms with van der Waals surface area (Å²) >= 11 is 6.16. The number of halogens is 1. The van der Waals surface area contributed by atoms with Crippen LogP contribution in [0.15, 0.2) is 24.5 Å². The van der Waals surface area contributed by atoms with Crippen LogP contribution < -0.4 is 5.32 Å². The summed E-state index contributed by atoms with van der Waals surface area (Å²) < 4.78 is 0. The number of hydrogen-bond donors (Lipinski definition) is 1. The number of aromatic nitrogens is 1. The van der Waals surface area contributed by atoms with Gasteiger partial charge < -0.3 is 5.32 Å². The Morgan fingerprint density at radius 1 is 1.60 bits per heavy atom. The van der Waals surface area contributed by atoms with Crippen LogP contribution in [-0.2, 0) is 6.54 Å². The largest absolute Gasteiger partial charge is 0.309 e. The van der Waals surface area contributed by atoms with Crippen molar-refractivity contribution in [1.29, 1.82) is 0 Å². The molecule has 1 aliphatic rings. The van der Waals surface area contributed by atoms with E-state index >= 15 is 0 Å². The molecular formula is C12H17ClN2. The summed E-state index contributed by atoms with van der Waals surface area (Å²) in [5.41, 5.74) is 1.44. The van der Waals surface area contributed by atoms with Crippen LogP contribution in [0.4, 0.5) is 0 Å². The number of nitrogens with one attached hydrogen (secondary N) is 1. The molecule has 15 heavy (non-hydrogen) atoms. The monoisotopic (exact) mass is 224 g/mol. The van der Waals surface area contributed by atoms with E-state index in [9.17, 15) is 0 Å². The molecule has 1 aromatic rings. The van der Waals surface area contributed by atoms with E-state index in [1.807, 2.05) is 12.3 Å². The molecule has 0 aromatic carbocycles. The Morgan fingerprint density at radius 2 is 2.40 bits per heavy atom. The standard InChI is InChI=1S/C12H17ClN2/c1-12(2)10(13)6-11(12)15-8-9-4-3-5-14-7-9/h3-5,7,10-11,15H,6,8H2,1-2H3. The van der Waals surface area contributed by atoms with E-state index in [0.29, 0.717) is 11.4 Å². The average molecular weight is 225 g/mol. The minimum Gasteiger partial charge on any atom is -0.309 e. The first-order valence-corrected chi connectivity index (χ1v) is 5.80. The van der Waals surface area contributed by atoms with Gasteiger partial charge >= 0.3 is 0 Å². The smallest absolute Gasteiger partial charge is 0.0416 e. The molecule has 1 aromatic heterocycles. The lowest BCUT2D eigenvalue weighted by molar-refractivity contribution is 0.115. The Hall–Kier alpha value is -0.600. The van der Waals surface area contributed by atoms with E-state index in [0.717, 1.165) is 13.0 Å². The van der Waals surface area contributed by atoms with Crippen molar-refractivity contribution < 1.29 is 0 Å². The molecule has 3 heteroatoms. The Balaban J connectivity index is 1.85. The number of pyridine rings is 1. The number of rotatable bonds is 3. The van der Waals surface area contributed by atoms with E-state index < -0.39 is 0 Å². The second-order valence-corrected chi connectivity index (χ2v) is 5.35. The topological polar surface area (TPSA) is 24.9 Å². The fourth-order valence-electron chi connectivity index (χ4n) is 1.96. The molecule has 0 amide bonds. The molecule has 2 atom stereocenters. The quantitative estimate of drug-likeness (QED) is 0.799. The zero-order valence-electron chi connectivity index (χ0n) is 9.20. The van der Waals surface area contributed by atoms with Crippen LogP contribution in [-0.4, -0.2) is 16.4 Å². The van der Waals surface area contributed by atoms with Gasteiger partial charge in [0.1, 0.15) is 0 Å². The Kier molecular flexibility index (Phi) is 2.98. The minimum atomic E-state index is 0.212. The predicted octanol–water partition coefficient (Wildman–Crippen LogP) is 2.58. The molecular weight excluding hydrogens is 208 g/mol. The molecule has 1 aliphatic carbocycles. The molecule has 1 N–H and O–H groups in total. The molecule has 0 radical (unpaired) electrons. The third-order valence-electron chi connectivity index (χ3n) is 3.42. The number of alkyl halides is 1. The Bertz CT molecular complexity index is 324. The van der Waals surface area contributed by atoms with Gasteiger partial charge in [-0.05, 0) is 23.5 Å². The first-order valence-electron chi connectivity index (χ1n) is 5.37. The van der Waals surface area contributed by atoms with Crippen molar-refractivity contribution in [3.63, 3.8) is 0 Å². The summed E-state index contributed by atoms with van der Waals surface area (Å²) in [7, 11) is 0. The van der Waals surface area contributed by atoms with Crippen molar-refractivity contribution >= 4 is 11.6 Å². The maximum absolute atomic E-state index is 6.16. The molecule has 2 unspecified atom stereocenters. The number of hydrogen-bond acceptors (Lipinski definition) is 2. The summed E-state index contributed by atoms with van der Waals surface area (Å²) in [6.45, 7) is 5.32. The second kappa shape index (κ2) is 4.11. The first kappa shape index (κ1) is 10.9. The van der Waals surface area contributed by atoms with Crippen LogP contribution in [0.25, 0.3) is 0 Å². The molecule has 1 heterocycles. The SMILES string of the molecule is CC1(C)C(Cl)CC1NCc1cccnc1. The van der Waals surface area contributed by atoms with Gasteiger partial charge in [0.25, 0.3) is 0 Å². The van der Waals surface area contributed by atoms with E-state index in [1.54, 1.807) is 6.20 Å². The van der Waals surface area contributed by atoms with Crippen molar-refractivity contribution in [2.75, 3.05) is 0 Å². The molecule has 2 rings (SSSR count). The van der Waals surface area contributed by atoms with Gasteiger partial charge in [0.2, 0.25) is 0 Å². The predicted molar refractivity (Wildman–Crippen MR) is 62.9 cm³/mol.